The number of nitrogens with zero attached hydrogens (tertiary/aromatic N) is 3. The van der Waals surface area contributed by atoms with E-state index in [2.05, 4.69) is 20.7 Å². The van der Waals surface area contributed by atoms with Crippen LogP contribution in [-0.4, -0.2) is 26.5 Å². The summed E-state index contributed by atoms with van der Waals surface area (Å²) in [6.07, 6.45) is 0. The third-order valence-electron chi connectivity index (χ3n) is 1.86. The molecule has 0 saturated heterocycles. The third-order valence-corrected chi connectivity index (χ3v) is 3.77. The fraction of sp³-hybridized carbons (Fsp3) is 0.333. The van der Waals surface area contributed by atoms with E-state index in [1.165, 1.54) is 23.1 Å². The summed E-state index contributed by atoms with van der Waals surface area (Å²) >= 11 is 2.76. The number of amides is 1. The second-order valence-electron chi connectivity index (χ2n) is 3.29. The van der Waals surface area contributed by atoms with Crippen LogP contribution in [0.3, 0.4) is 0 Å². The summed E-state index contributed by atoms with van der Waals surface area (Å²) in [4.78, 5) is 11.8. The molecule has 0 aliphatic heterocycles. The van der Waals surface area contributed by atoms with E-state index in [-0.39, 0.29) is 11.2 Å². The van der Waals surface area contributed by atoms with Crippen LogP contribution in [0, 0.1) is 6.92 Å². The summed E-state index contributed by atoms with van der Waals surface area (Å²) in [5.74, 6) is 0.207. The van der Waals surface area contributed by atoms with Gasteiger partial charge in [-0.15, -0.1) is 10.2 Å². The quantitative estimate of drug-likeness (QED) is 0.855. The summed E-state index contributed by atoms with van der Waals surface area (Å²) in [6, 6.07) is 1.67. The molecular weight excluding hydrogens is 260 g/mol. The molecule has 1 N–H and O–H groups in total. The van der Waals surface area contributed by atoms with Gasteiger partial charge in [-0.3, -0.25) is 10.1 Å². The molecule has 0 aromatic carbocycles. The lowest BCUT2D eigenvalue weighted by atomic mass is 10.4. The summed E-state index contributed by atoms with van der Waals surface area (Å²) in [7, 11) is 0. The molecule has 2 aromatic rings. The zero-order valence-electron chi connectivity index (χ0n) is 9.21. The largest absolute Gasteiger partial charge is 0.338 e. The van der Waals surface area contributed by atoms with Crippen molar-refractivity contribution >= 4 is 34.9 Å². The van der Waals surface area contributed by atoms with Crippen molar-refractivity contribution < 1.29 is 9.32 Å². The number of hydrogen-bond donors (Lipinski definition) is 1. The maximum atomic E-state index is 11.8. The van der Waals surface area contributed by atoms with E-state index < -0.39 is 0 Å². The van der Waals surface area contributed by atoms with Crippen molar-refractivity contribution in [2.24, 2.45) is 0 Å². The van der Waals surface area contributed by atoms with Crippen molar-refractivity contribution in [3.63, 3.8) is 0 Å². The van der Waals surface area contributed by atoms with Gasteiger partial charge in [0, 0.05) is 6.07 Å². The molecule has 0 aliphatic carbocycles. The molecule has 0 radical (unpaired) electrons. The number of thioether (sulfide) groups is 1. The number of aromatic nitrogens is 3. The SMILES string of the molecule is Cc1cc(NC(=O)[C@@H](C)Sc2nncs2)on1. The van der Waals surface area contributed by atoms with Crippen molar-refractivity contribution in [1.82, 2.24) is 15.4 Å². The molecule has 2 heterocycles. The lowest BCUT2D eigenvalue weighted by Crippen LogP contribution is -2.22. The summed E-state index contributed by atoms with van der Waals surface area (Å²) in [6.45, 7) is 3.59. The number of aryl methyl sites for hydroxylation is 1. The van der Waals surface area contributed by atoms with Gasteiger partial charge in [0.1, 0.15) is 5.51 Å². The first kappa shape index (κ1) is 12.1. The van der Waals surface area contributed by atoms with Crippen LogP contribution in [0.25, 0.3) is 0 Å². The van der Waals surface area contributed by atoms with Crippen LogP contribution in [0.1, 0.15) is 12.6 Å². The van der Waals surface area contributed by atoms with Gasteiger partial charge in [0.2, 0.25) is 11.8 Å². The Bertz CT molecular complexity index is 497. The van der Waals surface area contributed by atoms with Gasteiger partial charge >= 0.3 is 0 Å². The van der Waals surface area contributed by atoms with Crippen LogP contribution in [0.15, 0.2) is 20.4 Å². The zero-order chi connectivity index (χ0) is 12.3. The van der Waals surface area contributed by atoms with Crippen LogP contribution in [-0.2, 0) is 4.79 Å². The van der Waals surface area contributed by atoms with Crippen LogP contribution in [0.2, 0.25) is 0 Å². The molecule has 8 heteroatoms. The van der Waals surface area contributed by atoms with Crippen LogP contribution < -0.4 is 5.32 Å². The van der Waals surface area contributed by atoms with Gasteiger partial charge in [0.05, 0.1) is 10.9 Å². The maximum absolute atomic E-state index is 11.8. The minimum atomic E-state index is -0.270. The fourth-order valence-corrected chi connectivity index (χ4v) is 2.69. The average molecular weight is 270 g/mol. The molecule has 0 saturated carbocycles. The smallest absolute Gasteiger partial charge is 0.240 e. The highest BCUT2D eigenvalue weighted by atomic mass is 32.2. The van der Waals surface area contributed by atoms with Gasteiger partial charge in [-0.25, -0.2) is 0 Å². The van der Waals surface area contributed by atoms with Crippen molar-refractivity contribution in [3.05, 3.63) is 17.3 Å². The molecule has 0 aliphatic rings. The summed E-state index contributed by atoms with van der Waals surface area (Å²) < 4.78 is 5.67. The molecule has 2 rings (SSSR count). The number of anilines is 1. The van der Waals surface area contributed by atoms with E-state index in [4.69, 9.17) is 4.52 Å². The predicted molar refractivity (Wildman–Crippen MR) is 65.1 cm³/mol. The normalized spacial score (nSPS) is 12.4. The topological polar surface area (TPSA) is 80.9 Å². The van der Waals surface area contributed by atoms with Gasteiger partial charge in [-0.2, -0.15) is 0 Å². The van der Waals surface area contributed by atoms with E-state index in [0.717, 1.165) is 10.0 Å². The molecule has 17 heavy (non-hydrogen) atoms. The maximum Gasteiger partial charge on any atom is 0.240 e. The van der Waals surface area contributed by atoms with Crippen LogP contribution in [0.4, 0.5) is 5.88 Å². The van der Waals surface area contributed by atoms with Gasteiger partial charge in [0.15, 0.2) is 4.34 Å². The van der Waals surface area contributed by atoms with Gasteiger partial charge in [-0.1, -0.05) is 28.3 Å². The average Bonchev–Trinajstić information content (AvgIpc) is 2.90. The Morgan fingerprint density at radius 2 is 2.47 bits per heavy atom. The fourth-order valence-electron chi connectivity index (χ4n) is 1.06. The summed E-state index contributed by atoms with van der Waals surface area (Å²) in [5, 5.41) is 13.6. The van der Waals surface area contributed by atoms with Crippen molar-refractivity contribution in [1.29, 1.82) is 0 Å². The second kappa shape index (κ2) is 5.28. The monoisotopic (exact) mass is 270 g/mol. The first-order valence-electron chi connectivity index (χ1n) is 4.82. The Hall–Kier alpha value is -1.41. The molecule has 1 atom stereocenters. The molecular formula is C9H10N4O2S2. The van der Waals surface area contributed by atoms with Gasteiger partial charge in [-0.05, 0) is 13.8 Å². The van der Waals surface area contributed by atoms with Gasteiger partial charge < -0.3 is 4.52 Å². The summed E-state index contributed by atoms with van der Waals surface area (Å²) in [5.41, 5.74) is 2.36. The Morgan fingerprint density at radius 3 is 3.06 bits per heavy atom. The molecule has 6 nitrogen and oxygen atoms in total. The Morgan fingerprint density at radius 1 is 1.65 bits per heavy atom. The van der Waals surface area contributed by atoms with Crippen molar-refractivity contribution in [2.45, 2.75) is 23.4 Å². The highest BCUT2D eigenvalue weighted by Gasteiger charge is 2.17. The number of carbonyl (C=O) groups excluding carboxylic acids is 1. The first-order valence-corrected chi connectivity index (χ1v) is 6.58. The van der Waals surface area contributed by atoms with E-state index in [9.17, 15) is 4.79 Å². The van der Waals surface area contributed by atoms with Gasteiger partial charge in [0.25, 0.3) is 0 Å². The standard InChI is InChI=1S/C9H10N4O2S2/c1-5-3-7(15-13-5)11-8(14)6(2)17-9-12-10-4-16-9/h3-4,6H,1-2H3,(H,11,14)/t6-/m1/s1. The highest BCUT2D eigenvalue weighted by molar-refractivity contribution is 8.02. The Balaban J connectivity index is 1.91. The van der Waals surface area contributed by atoms with Crippen molar-refractivity contribution in [2.75, 3.05) is 5.32 Å². The molecule has 0 fully saturated rings. The molecule has 1 amide bonds. The minimum absolute atomic E-state index is 0.152. The van der Waals surface area contributed by atoms with E-state index in [1.807, 2.05) is 0 Å². The molecule has 90 valence electrons. The molecule has 2 aromatic heterocycles. The van der Waals surface area contributed by atoms with E-state index in [0.29, 0.717) is 5.88 Å². The number of hydrogen-bond acceptors (Lipinski definition) is 7. The van der Waals surface area contributed by atoms with Crippen LogP contribution in [0.5, 0.6) is 0 Å². The molecule has 0 bridgehead atoms. The number of rotatable bonds is 4. The van der Waals surface area contributed by atoms with E-state index >= 15 is 0 Å². The number of carbonyl (C=O) groups is 1. The lowest BCUT2D eigenvalue weighted by molar-refractivity contribution is -0.115. The van der Waals surface area contributed by atoms with Crippen molar-refractivity contribution in [3.8, 4) is 0 Å². The zero-order valence-corrected chi connectivity index (χ0v) is 10.8. The second-order valence-corrected chi connectivity index (χ2v) is 5.71. The minimum Gasteiger partial charge on any atom is -0.338 e. The third kappa shape index (κ3) is 3.27. The predicted octanol–water partition coefficient (Wildman–Crippen LogP) is 1.95. The first-order chi connectivity index (χ1) is 8.15. The van der Waals surface area contributed by atoms with E-state index in [1.54, 1.807) is 25.4 Å². The molecule has 0 spiro atoms. The molecule has 0 unspecified atom stereocenters. The highest BCUT2D eigenvalue weighted by Crippen LogP contribution is 2.25. The van der Waals surface area contributed by atoms with Crippen LogP contribution >= 0.6 is 23.1 Å². The Kier molecular flexibility index (Phi) is 3.75. The Labute approximate surface area is 106 Å². The lowest BCUT2D eigenvalue weighted by Gasteiger charge is -2.07. The number of nitrogens with one attached hydrogen (secondary N) is 1.